The zero-order chi connectivity index (χ0) is 17.6. The molecule has 1 fully saturated rings. The summed E-state index contributed by atoms with van der Waals surface area (Å²) in [7, 11) is 0. The minimum absolute atomic E-state index is 0.431. The summed E-state index contributed by atoms with van der Waals surface area (Å²) in [6.07, 6.45) is 0. The number of rotatable bonds is 5. The molecule has 0 unspecified atom stereocenters. The van der Waals surface area contributed by atoms with Gasteiger partial charge in [0.1, 0.15) is 0 Å². The predicted octanol–water partition coefficient (Wildman–Crippen LogP) is 4.64. The molecule has 0 aliphatic carbocycles. The molecule has 3 aromatic carbocycles. The summed E-state index contributed by atoms with van der Waals surface area (Å²) >= 11 is 0. The van der Waals surface area contributed by atoms with Crippen molar-refractivity contribution in [3.05, 3.63) is 102 Å². The van der Waals surface area contributed by atoms with E-state index < -0.39 is 0 Å². The standard InChI is InChI=1S/C24H26N2/c1-4-10-21(11-5-1)24(22-12-6-2-7-13-22)20-25-16-18-26(19-17-25)23-14-8-3-9-15-23/h1-15,24H,16-20H2. The molecule has 1 heterocycles. The Balaban J connectivity index is 1.46. The molecule has 4 rings (SSSR count). The molecule has 0 atom stereocenters. The van der Waals surface area contributed by atoms with Gasteiger partial charge in [0, 0.05) is 44.3 Å². The normalized spacial score (nSPS) is 15.3. The molecule has 0 N–H and O–H groups in total. The van der Waals surface area contributed by atoms with E-state index in [9.17, 15) is 0 Å². The van der Waals surface area contributed by atoms with E-state index in [-0.39, 0.29) is 0 Å². The number of piperazine rings is 1. The fourth-order valence-electron chi connectivity index (χ4n) is 3.86. The van der Waals surface area contributed by atoms with Crippen LogP contribution in [0.3, 0.4) is 0 Å². The van der Waals surface area contributed by atoms with Gasteiger partial charge in [-0.05, 0) is 23.3 Å². The van der Waals surface area contributed by atoms with Crippen molar-refractivity contribution in [2.75, 3.05) is 37.6 Å². The Bertz CT molecular complexity index is 739. The van der Waals surface area contributed by atoms with Gasteiger partial charge in [-0.15, -0.1) is 0 Å². The molecule has 1 aliphatic heterocycles. The van der Waals surface area contributed by atoms with E-state index in [1.54, 1.807) is 0 Å². The second-order valence-electron chi connectivity index (χ2n) is 7.00. The number of hydrogen-bond acceptors (Lipinski definition) is 2. The third-order valence-electron chi connectivity index (χ3n) is 5.34. The van der Waals surface area contributed by atoms with Crippen molar-refractivity contribution in [3.8, 4) is 0 Å². The van der Waals surface area contributed by atoms with Crippen molar-refractivity contribution in [3.63, 3.8) is 0 Å². The van der Waals surface area contributed by atoms with Gasteiger partial charge >= 0.3 is 0 Å². The molecule has 1 aliphatic rings. The molecule has 132 valence electrons. The van der Waals surface area contributed by atoms with Crippen LogP contribution in [0.1, 0.15) is 17.0 Å². The first-order chi connectivity index (χ1) is 12.9. The largest absolute Gasteiger partial charge is 0.369 e. The molecule has 0 spiro atoms. The van der Waals surface area contributed by atoms with Gasteiger partial charge in [-0.3, -0.25) is 4.90 Å². The summed E-state index contributed by atoms with van der Waals surface area (Å²) in [5.41, 5.74) is 4.16. The first kappa shape index (κ1) is 16.9. The Morgan fingerprint density at radius 2 is 1.04 bits per heavy atom. The van der Waals surface area contributed by atoms with E-state index in [0.29, 0.717) is 5.92 Å². The fourth-order valence-corrected chi connectivity index (χ4v) is 3.86. The lowest BCUT2D eigenvalue weighted by molar-refractivity contribution is 0.250. The van der Waals surface area contributed by atoms with Crippen LogP contribution in [0.4, 0.5) is 5.69 Å². The summed E-state index contributed by atoms with van der Waals surface area (Å²) in [5.74, 6) is 0.431. The van der Waals surface area contributed by atoms with E-state index in [0.717, 1.165) is 32.7 Å². The summed E-state index contributed by atoms with van der Waals surface area (Å²) < 4.78 is 0. The average Bonchev–Trinajstić information content (AvgIpc) is 2.74. The van der Waals surface area contributed by atoms with Gasteiger partial charge in [-0.2, -0.15) is 0 Å². The lowest BCUT2D eigenvalue weighted by Crippen LogP contribution is -2.47. The van der Waals surface area contributed by atoms with E-state index in [4.69, 9.17) is 0 Å². The predicted molar refractivity (Wildman–Crippen MR) is 110 cm³/mol. The molecule has 0 amide bonds. The lowest BCUT2D eigenvalue weighted by atomic mass is 9.90. The van der Waals surface area contributed by atoms with Gasteiger partial charge in [0.25, 0.3) is 0 Å². The van der Waals surface area contributed by atoms with Crippen LogP contribution in [0.5, 0.6) is 0 Å². The number of anilines is 1. The highest BCUT2D eigenvalue weighted by Crippen LogP contribution is 2.26. The van der Waals surface area contributed by atoms with Crippen LogP contribution in [0.2, 0.25) is 0 Å². The molecule has 2 nitrogen and oxygen atoms in total. The first-order valence-electron chi connectivity index (χ1n) is 9.52. The zero-order valence-corrected chi connectivity index (χ0v) is 15.2. The van der Waals surface area contributed by atoms with Crippen molar-refractivity contribution in [2.45, 2.75) is 5.92 Å². The van der Waals surface area contributed by atoms with Crippen LogP contribution in [-0.4, -0.2) is 37.6 Å². The SMILES string of the molecule is c1ccc(C(CN2CCN(c3ccccc3)CC2)c2ccccc2)cc1. The van der Waals surface area contributed by atoms with Crippen LogP contribution in [-0.2, 0) is 0 Å². The van der Waals surface area contributed by atoms with Crippen LogP contribution < -0.4 is 4.90 Å². The quantitative estimate of drug-likeness (QED) is 0.666. The molecule has 0 saturated carbocycles. The van der Waals surface area contributed by atoms with E-state index in [1.165, 1.54) is 16.8 Å². The van der Waals surface area contributed by atoms with Crippen molar-refractivity contribution in [1.29, 1.82) is 0 Å². The third-order valence-corrected chi connectivity index (χ3v) is 5.34. The van der Waals surface area contributed by atoms with Gasteiger partial charge < -0.3 is 4.90 Å². The van der Waals surface area contributed by atoms with E-state index in [2.05, 4.69) is 101 Å². The van der Waals surface area contributed by atoms with Gasteiger partial charge in [0.2, 0.25) is 0 Å². The Morgan fingerprint density at radius 1 is 0.577 bits per heavy atom. The fraction of sp³-hybridized carbons (Fsp3) is 0.250. The molecular weight excluding hydrogens is 316 g/mol. The topological polar surface area (TPSA) is 6.48 Å². The highest BCUT2D eigenvalue weighted by molar-refractivity contribution is 5.46. The summed E-state index contributed by atoms with van der Waals surface area (Å²) in [4.78, 5) is 5.11. The molecule has 0 radical (unpaired) electrons. The van der Waals surface area contributed by atoms with Crippen LogP contribution in [0, 0.1) is 0 Å². The monoisotopic (exact) mass is 342 g/mol. The maximum Gasteiger partial charge on any atom is 0.0367 e. The molecule has 0 aromatic heterocycles. The first-order valence-corrected chi connectivity index (χ1v) is 9.52. The highest BCUT2D eigenvalue weighted by Gasteiger charge is 2.22. The molecular formula is C24H26N2. The average molecular weight is 342 g/mol. The number of nitrogens with zero attached hydrogens (tertiary/aromatic N) is 2. The smallest absolute Gasteiger partial charge is 0.0367 e. The molecule has 2 heteroatoms. The van der Waals surface area contributed by atoms with Crippen molar-refractivity contribution in [2.24, 2.45) is 0 Å². The Kier molecular flexibility index (Phi) is 5.32. The Hall–Kier alpha value is -2.58. The molecule has 3 aromatic rings. The summed E-state index contributed by atoms with van der Waals surface area (Å²) in [6, 6.07) is 32.6. The highest BCUT2D eigenvalue weighted by atomic mass is 15.3. The molecule has 0 bridgehead atoms. The van der Waals surface area contributed by atoms with Gasteiger partial charge in [0.05, 0.1) is 0 Å². The van der Waals surface area contributed by atoms with E-state index in [1.807, 2.05) is 0 Å². The maximum absolute atomic E-state index is 2.62. The maximum atomic E-state index is 2.62. The summed E-state index contributed by atoms with van der Waals surface area (Å²) in [6.45, 7) is 5.51. The second kappa shape index (κ2) is 8.20. The molecule has 1 saturated heterocycles. The number of hydrogen-bond donors (Lipinski definition) is 0. The van der Waals surface area contributed by atoms with Crippen LogP contribution >= 0.6 is 0 Å². The second-order valence-corrected chi connectivity index (χ2v) is 7.00. The number of para-hydroxylation sites is 1. The minimum Gasteiger partial charge on any atom is -0.369 e. The Labute approximate surface area is 156 Å². The van der Waals surface area contributed by atoms with Gasteiger partial charge in [-0.1, -0.05) is 78.9 Å². The van der Waals surface area contributed by atoms with E-state index >= 15 is 0 Å². The lowest BCUT2D eigenvalue weighted by Gasteiger charge is -2.38. The van der Waals surface area contributed by atoms with Crippen LogP contribution in [0.15, 0.2) is 91.0 Å². The van der Waals surface area contributed by atoms with Crippen molar-refractivity contribution < 1.29 is 0 Å². The van der Waals surface area contributed by atoms with Crippen molar-refractivity contribution in [1.82, 2.24) is 4.90 Å². The number of benzene rings is 3. The van der Waals surface area contributed by atoms with Gasteiger partial charge in [0.15, 0.2) is 0 Å². The minimum atomic E-state index is 0.431. The van der Waals surface area contributed by atoms with Crippen molar-refractivity contribution >= 4 is 5.69 Å². The zero-order valence-electron chi connectivity index (χ0n) is 15.2. The third kappa shape index (κ3) is 3.97. The van der Waals surface area contributed by atoms with Gasteiger partial charge in [-0.25, -0.2) is 0 Å². The summed E-state index contributed by atoms with van der Waals surface area (Å²) in [5, 5.41) is 0. The Morgan fingerprint density at radius 3 is 1.54 bits per heavy atom. The van der Waals surface area contributed by atoms with Crippen LogP contribution in [0.25, 0.3) is 0 Å². The molecule has 26 heavy (non-hydrogen) atoms.